The summed E-state index contributed by atoms with van der Waals surface area (Å²) in [5.41, 5.74) is 1.77. The molecule has 0 bridgehead atoms. The third-order valence-electron chi connectivity index (χ3n) is 5.24. The largest absolute Gasteiger partial charge is 0.384 e. The molecule has 2 heterocycles. The van der Waals surface area contributed by atoms with Gasteiger partial charge >= 0.3 is 0 Å². The minimum atomic E-state index is -0.00361. The van der Waals surface area contributed by atoms with Crippen molar-refractivity contribution >= 4 is 36.4 Å². The Balaban J connectivity index is 0.00000182. The number of piperidine rings is 1. The lowest BCUT2D eigenvalue weighted by molar-refractivity contribution is 0.0511. The van der Waals surface area contributed by atoms with E-state index >= 15 is 0 Å². The number of morpholine rings is 1. The number of hydrogen-bond donors (Lipinski definition) is 2. The molecule has 2 saturated heterocycles. The van der Waals surface area contributed by atoms with Crippen LogP contribution in [0.15, 0.2) is 24.3 Å². The Bertz CT molecular complexity index is 572. The Hall–Kier alpha value is -1.05. The Morgan fingerprint density at radius 2 is 1.89 bits per heavy atom. The van der Waals surface area contributed by atoms with Crippen LogP contribution in [0.1, 0.15) is 23.2 Å². The van der Waals surface area contributed by atoms with Gasteiger partial charge in [0.2, 0.25) is 0 Å². The number of carbonyl (C=O) groups excluding carboxylic acids is 1. The third kappa shape index (κ3) is 6.22. The van der Waals surface area contributed by atoms with Gasteiger partial charge in [-0.3, -0.25) is 4.79 Å². The summed E-state index contributed by atoms with van der Waals surface area (Å²) < 4.78 is 10.9. The van der Waals surface area contributed by atoms with Gasteiger partial charge in [-0.1, -0.05) is 12.1 Å². The van der Waals surface area contributed by atoms with Crippen LogP contribution in [0.4, 0.5) is 5.69 Å². The highest BCUT2D eigenvalue weighted by molar-refractivity contribution is 5.99. The summed E-state index contributed by atoms with van der Waals surface area (Å²) in [4.78, 5) is 15.1. The fraction of sp³-hybridized carbons (Fsp3) is 0.632. The molecule has 8 heteroatoms. The van der Waals surface area contributed by atoms with Crippen molar-refractivity contribution in [2.45, 2.75) is 12.8 Å². The van der Waals surface area contributed by atoms with Crippen LogP contribution in [0.3, 0.4) is 0 Å². The van der Waals surface area contributed by atoms with Crippen molar-refractivity contribution in [2.24, 2.45) is 5.41 Å². The molecule has 3 rings (SSSR count). The Kier molecular flexibility index (Phi) is 10.4. The lowest BCUT2D eigenvalue weighted by Gasteiger charge is -2.37. The first-order valence-corrected chi connectivity index (χ1v) is 9.14. The van der Waals surface area contributed by atoms with Crippen LogP contribution in [0.25, 0.3) is 0 Å². The third-order valence-corrected chi connectivity index (χ3v) is 5.24. The SMILES string of the molecule is COCC1(CNC(=O)c2ccccc2N2CCOCC2)CCNCC1.Cl.Cl. The first-order chi connectivity index (χ1) is 12.2. The van der Waals surface area contributed by atoms with Gasteiger partial charge in [0.25, 0.3) is 5.91 Å². The van der Waals surface area contributed by atoms with Gasteiger partial charge < -0.3 is 25.0 Å². The van der Waals surface area contributed by atoms with Crippen LogP contribution in [0.5, 0.6) is 0 Å². The number of anilines is 1. The van der Waals surface area contributed by atoms with Crippen molar-refractivity contribution in [1.82, 2.24) is 10.6 Å². The second-order valence-corrected chi connectivity index (χ2v) is 6.98. The number of rotatable bonds is 6. The zero-order chi connectivity index (χ0) is 17.5. The lowest BCUT2D eigenvalue weighted by Crippen LogP contribution is -2.47. The van der Waals surface area contributed by atoms with Crippen molar-refractivity contribution in [3.05, 3.63) is 29.8 Å². The van der Waals surface area contributed by atoms with Crippen molar-refractivity contribution in [1.29, 1.82) is 0 Å². The number of hydrogen-bond acceptors (Lipinski definition) is 5. The second kappa shape index (κ2) is 11.7. The van der Waals surface area contributed by atoms with Gasteiger partial charge in [0.15, 0.2) is 0 Å². The van der Waals surface area contributed by atoms with E-state index in [9.17, 15) is 4.79 Å². The van der Waals surface area contributed by atoms with Crippen LogP contribution in [-0.2, 0) is 9.47 Å². The van der Waals surface area contributed by atoms with E-state index in [4.69, 9.17) is 9.47 Å². The van der Waals surface area contributed by atoms with Crippen LogP contribution >= 0.6 is 24.8 Å². The van der Waals surface area contributed by atoms with Gasteiger partial charge in [-0.2, -0.15) is 0 Å². The van der Waals surface area contributed by atoms with E-state index in [0.717, 1.165) is 50.3 Å². The van der Waals surface area contributed by atoms with Crippen molar-refractivity contribution < 1.29 is 14.3 Å². The number of methoxy groups -OCH3 is 1. The molecule has 0 spiro atoms. The normalized spacial score (nSPS) is 18.8. The minimum absolute atomic E-state index is 0. The standard InChI is InChI=1S/C19H29N3O3.2ClH/c1-24-15-19(6-8-20-9-7-19)14-21-18(23)16-4-2-3-5-17(16)22-10-12-25-13-11-22;;/h2-5,20H,6-15H2,1H3,(H,21,23);2*1H. The molecule has 2 aliphatic heterocycles. The highest BCUT2D eigenvalue weighted by Gasteiger charge is 2.33. The van der Waals surface area contributed by atoms with Gasteiger partial charge in [0.1, 0.15) is 0 Å². The summed E-state index contributed by atoms with van der Waals surface area (Å²) in [6, 6.07) is 7.84. The molecule has 0 radical (unpaired) electrons. The molecule has 2 N–H and O–H groups in total. The molecule has 1 aromatic carbocycles. The smallest absolute Gasteiger partial charge is 0.253 e. The Labute approximate surface area is 174 Å². The van der Waals surface area contributed by atoms with Gasteiger partial charge in [0, 0.05) is 37.8 Å². The Morgan fingerprint density at radius 1 is 1.22 bits per heavy atom. The van der Waals surface area contributed by atoms with E-state index in [2.05, 4.69) is 15.5 Å². The molecule has 1 amide bonds. The molecule has 0 aliphatic carbocycles. The van der Waals surface area contributed by atoms with Gasteiger partial charge in [-0.05, 0) is 38.1 Å². The molecule has 0 unspecified atom stereocenters. The summed E-state index contributed by atoms with van der Waals surface area (Å²) in [5.74, 6) is -0.00361. The van der Waals surface area contributed by atoms with E-state index in [-0.39, 0.29) is 36.1 Å². The molecule has 2 aliphatic rings. The topological polar surface area (TPSA) is 62.8 Å². The molecule has 0 saturated carbocycles. The number of halogens is 2. The van der Waals surface area contributed by atoms with E-state index < -0.39 is 0 Å². The molecule has 0 aromatic heterocycles. The summed E-state index contributed by atoms with van der Waals surface area (Å²) in [5, 5.41) is 6.55. The van der Waals surface area contributed by atoms with Gasteiger partial charge in [-0.15, -0.1) is 24.8 Å². The molecule has 1 aromatic rings. The maximum atomic E-state index is 12.9. The summed E-state index contributed by atoms with van der Waals surface area (Å²) in [7, 11) is 1.74. The molecule has 0 atom stereocenters. The van der Waals surface area contributed by atoms with Crippen molar-refractivity contribution in [3.63, 3.8) is 0 Å². The molecular weight excluding hydrogens is 389 g/mol. The van der Waals surface area contributed by atoms with E-state index in [1.807, 2.05) is 24.3 Å². The zero-order valence-electron chi connectivity index (χ0n) is 15.9. The van der Waals surface area contributed by atoms with E-state index in [1.165, 1.54) is 0 Å². The second-order valence-electron chi connectivity index (χ2n) is 6.98. The minimum Gasteiger partial charge on any atom is -0.384 e. The number of amides is 1. The highest BCUT2D eigenvalue weighted by atomic mass is 35.5. The molecule has 2 fully saturated rings. The van der Waals surface area contributed by atoms with Crippen molar-refractivity contribution in [3.8, 4) is 0 Å². The van der Waals surface area contributed by atoms with E-state index in [0.29, 0.717) is 26.4 Å². The maximum Gasteiger partial charge on any atom is 0.253 e. The zero-order valence-corrected chi connectivity index (χ0v) is 17.5. The predicted molar refractivity (Wildman–Crippen MR) is 113 cm³/mol. The lowest BCUT2D eigenvalue weighted by atomic mass is 9.79. The van der Waals surface area contributed by atoms with Crippen LogP contribution in [-0.4, -0.2) is 65.6 Å². The molecule has 27 heavy (non-hydrogen) atoms. The number of ether oxygens (including phenoxy) is 2. The highest BCUT2D eigenvalue weighted by Crippen LogP contribution is 2.29. The predicted octanol–water partition coefficient (Wildman–Crippen LogP) is 2.11. The number of carbonyl (C=O) groups is 1. The van der Waals surface area contributed by atoms with Gasteiger partial charge in [-0.25, -0.2) is 0 Å². The average Bonchev–Trinajstić information content (AvgIpc) is 2.68. The maximum absolute atomic E-state index is 12.9. The molecule has 154 valence electrons. The number of para-hydroxylation sites is 1. The molecular formula is C19H31Cl2N3O3. The fourth-order valence-corrected chi connectivity index (χ4v) is 3.74. The summed E-state index contributed by atoms with van der Waals surface area (Å²) in [6.45, 7) is 6.35. The van der Waals surface area contributed by atoms with Gasteiger partial charge in [0.05, 0.1) is 25.4 Å². The average molecular weight is 420 g/mol. The fourth-order valence-electron chi connectivity index (χ4n) is 3.74. The molecule has 6 nitrogen and oxygen atoms in total. The van der Waals surface area contributed by atoms with Crippen LogP contribution in [0.2, 0.25) is 0 Å². The Morgan fingerprint density at radius 3 is 2.56 bits per heavy atom. The van der Waals surface area contributed by atoms with Crippen molar-refractivity contribution in [2.75, 3.05) is 64.6 Å². The van der Waals surface area contributed by atoms with Crippen LogP contribution < -0.4 is 15.5 Å². The number of nitrogens with zero attached hydrogens (tertiary/aromatic N) is 1. The number of benzene rings is 1. The number of nitrogens with one attached hydrogen (secondary N) is 2. The van der Waals surface area contributed by atoms with E-state index in [1.54, 1.807) is 7.11 Å². The summed E-state index contributed by atoms with van der Waals surface area (Å²) >= 11 is 0. The quantitative estimate of drug-likeness (QED) is 0.738. The summed E-state index contributed by atoms with van der Waals surface area (Å²) in [6.07, 6.45) is 2.04. The first kappa shape index (κ1) is 24.0. The van der Waals surface area contributed by atoms with Crippen LogP contribution in [0, 0.1) is 5.41 Å². The monoisotopic (exact) mass is 419 g/mol. The first-order valence-electron chi connectivity index (χ1n) is 9.14.